The molecule has 2 saturated heterocycles. The Bertz CT molecular complexity index is 501. The molecule has 2 atom stereocenters. The largest absolute Gasteiger partial charge is 0.349 e. The zero-order valence-electron chi connectivity index (χ0n) is 12.8. The van der Waals surface area contributed by atoms with Crippen molar-refractivity contribution in [3.05, 3.63) is 16.8 Å². The number of nitrogens with zero attached hydrogens (tertiary/aromatic N) is 4. The van der Waals surface area contributed by atoms with Gasteiger partial charge in [-0.25, -0.2) is 0 Å². The minimum atomic E-state index is 0.478. The van der Waals surface area contributed by atoms with Crippen molar-refractivity contribution in [2.75, 3.05) is 24.5 Å². The van der Waals surface area contributed by atoms with Gasteiger partial charge >= 0.3 is 0 Å². The lowest BCUT2D eigenvalue weighted by atomic mass is 10.0. The van der Waals surface area contributed by atoms with E-state index in [1.807, 2.05) is 6.92 Å². The van der Waals surface area contributed by atoms with Crippen molar-refractivity contribution >= 4 is 5.82 Å². The number of piperazine rings is 1. The van der Waals surface area contributed by atoms with Crippen LogP contribution in [0.15, 0.2) is 0 Å². The zero-order chi connectivity index (χ0) is 14.3. The maximum absolute atomic E-state index is 5.97. The van der Waals surface area contributed by atoms with E-state index in [1.165, 1.54) is 24.9 Å². The van der Waals surface area contributed by atoms with Crippen LogP contribution in [0.25, 0.3) is 0 Å². The van der Waals surface area contributed by atoms with Crippen LogP contribution in [0.3, 0.4) is 0 Å². The number of hydrogen-bond donors (Lipinski definition) is 1. The fourth-order valence-electron chi connectivity index (χ4n) is 3.60. The molecule has 0 spiro atoms. The summed E-state index contributed by atoms with van der Waals surface area (Å²) in [5.74, 6) is 1.01. The summed E-state index contributed by atoms with van der Waals surface area (Å²) in [6.07, 6.45) is 2.63. The lowest BCUT2D eigenvalue weighted by Gasteiger charge is -2.43. The van der Waals surface area contributed by atoms with Crippen LogP contribution in [0, 0.1) is 13.8 Å². The predicted octanol–water partition coefficient (Wildman–Crippen LogP) is 1.23. The molecule has 2 aliphatic rings. The van der Waals surface area contributed by atoms with E-state index in [9.17, 15) is 0 Å². The predicted molar refractivity (Wildman–Crippen MR) is 80.8 cm³/mol. The molecule has 0 radical (unpaired) electrons. The first-order chi connectivity index (χ1) is 9.61. The Morgan fingerprint density at radius 1 is 1.25 bits per heavy atom. The number of anilines is 1. The number of nitrogens with two attached hydrogens (primary N) is 1. The molecule has 5 nitrogen and oxygen atoms in total. The van der Waals surface area contributed by atoms with Gasteiger partial charge in [0, 0.05) is 37.3 Å². The fraction of sp³-hybridized carbons (Fsp3) is 0.733. The van der Waals surface area contributed by atoms with Crippen molar-refractivity contribution in [2.45, 2.75) is 52.2 Å². The van der Waals surface area contributed by atoms with E-state index in [1.54, 1.807) is 0 Å². The molecule has 3 heterocycles. The summed E-state index contributed by atoms with van der Waals surface area (Å²) in [6.45, 7) is 10.4. The minimum absolute atomic E-state index is 0.478. The Hall–Kier alpha value is -1.20. The van der Waals surface area contributed by atoms with Gasteiger partial charge in [-0.15, -0.1) is 5.10 Å². The van der Waals surface area contributed by atoms with Gasteiger partial charge in [-0.3, -0.25) is 4.90 Å². The number of aromatic nitrogens is 2. The van der Waals surface area contributed by atoms with Crippen LogP contribution in [0.1, 0.15) is 36.6 Å². The normalized spacial score (nSPS) is 26.9. The third-order valence-electron chi connectivity index (χ3n) is 4.97. The average Bonchev–Trinajstić information content (AvgIpc) is 2.88. The van der Waals surface area contributed by atoms with E-state index in [0.29, 0.717) is 18.6 Å². The standard InChI is InChI=1S/C15H25N5/c1-10-8-19-6-4-5-13(19)9-20(10)15-14(7-16)11(2)12(3)17-18-15/h10,13H,4-9,16H2,1-3H3. The molecule has 2 aliphatic heterocycles. The van der Waals surface area contributed by atoms with Crippen molar-refractivity contribution in [2.24, 2.45) is 5.73 Å². The van der Waals surface area contributed by atoms with Crippen LogP contribution in [-0.4, -0.2) is 46.8 Å². The molecular weight excluding hydrogens is 250 g/mol. The Kier molecular flexibility index (Phi) is 3.65. The van der Waals surface area contributed by atoms with Crippen LogP contribution < -0.4 is 10.6 Å². The van der Waals surface area contributed by atoms with Gasteiger partial charge in [0.15, 0.2) is 5.82 Å². The molecule has 110 valence electrons. The highest BCUT2D eigenvalue weighted by Crippen LogP contribution is 2.30. The van der Waals surface area contributed by atoms with Gasteiger partial charge in [-0.2, -0.15) is 5.10 Å². The van der Waals surface area contributed by atoms with Crippen LogP contribution >= 0.6 is 0 Å². The highest BCUT2D eigenvalue weighted by Gasteiger charge is 2.35. The Morgan fingerprint density at radius 2 is 2.05 bits per heavy atom. The quantitative estimate of drug-likeness (QED) is 0.879. The first-order valence-corrected chi connectivity index (χ1v) is 7.65. The number of rotatable bonds is 2. The maximum Gasteiger partial charge on any atom is 0.156 e. The van der Waals surface area contributed by atoms with Crippen molar-refractivity contribution in [3.63, 3.8) is 0 Å². The van der Waals surface area contributed by atoms with Crippen molar-refractivity contribution in [3.8, 4) is 0 Å². The molecule has 0 saturated carbocycles. The summed E-state index contributed by atoms with van der Waals surface area (Å²) >= 11 is 0. The van der Waals surface area contributed by atoms with Crippen molar-refractivity contribution < 1.29 is 0 Å². The molecule has 0 amide bonds. The Balaban J connectivity index is 1.94. The summed E-state index contributed by atoms with van der Waals surface area (Å²) in [5.41, 5.74) is 9.32. The zero-order valence-corrected chi connectivity index (χ0v) is 12.8. The van der Waals surface area contributed by atoms with Gasteiger partial charge in [0.25, 0.3) is 0 Å². The van der Waals surface area contributed by atoms with E-state index in [2.05, 4.69) is 33.8 Å². The highest BCUT2D eigenvalue weighted by atomic mass is 15.4. The third kappa shape index (κ3) is 2.19. The second kappa shape index (κ2) is 5.30. The van der Waals surface area contributed by atoms with E-state index in [0.717, 1.165) is 30.2 Å². The highest BCUT2D eigenvalue weighted by molar-refractivity contribution is 5.52. The minimum Gasteiger partial charge on any atom is -0.349 e. The summed E-state index contributed by atoms with van der Waals surface area (Å²) < 4.78 is 0. The van der Waals surface area contributed by atoms with Gasteiger partial charge < -0.3 is 10.6 Å². The van der Waals surface area contributed by atoms with Crippen LogP contribution in [0.2, 0.25) is 0 Å². The second-order valence-corrected chi connectivity index (χ2v) is 6.21. The van der Waals surface area contributed by atoms with Gasteiger partial charge in [-0.1, -0.05) is 0 Å². The van der Waals surface area contributed by atoms with Crippen molar-refractivity contribution in [1.29, 1.82) is 0 Å². The van der Waals surface area contributed by atoms with E-state index in [-0.39, 0.29) is 0 Å². The Labute approximate surface area is 121 Å². The van der Waals surface area contributed by atoms with Crippen LogP contribution in [0.5, 0.6) is 0 Å². The van der Waals surface area contributed by atoms with Crippen LogP contribution in [0.4, 0.5) is 5.82 Å². The van der Waals surface area contributed by atoms with Gasteiger partial charge in [0.05, 0.1) is 5.69 Å². The van der Waals surface area contributed by atoms with Gasteiger partial charge in [0.1, 0.15) is 0 Å². The second-order valence-electron chi connectivity index (χ2n) is 6.21. The molecular formula is C15H25N5. The molecule has 5 heteroatoms. The monoisotopic (exact) mass is 275 g/mol. The first-order valence-electron chi connectivity index (χ1n) is 7.65. The lowest BCUT2D eigenvalue weighted by molar-refractivity contribution is 0.202. The molecule has 2 unspecified atom stereocenters. The summed E-state index contributed by atoms with van der Waals surface area (Å²) in [5, 5.41) is 8.80. The Morgan fingerprint density at radius 3 is 2.80 bits per heavy atom. The smallest absolute Gasteiger partial charge is 0.156 e. The van der Waals surface area contributed by atoms with Crippen molar-refractivity contribution in [1.82, 2.24) is 15.1 Å². The van der Waals surface area contributed by atoms with E-state index < -0.39 is 0 Å². The molecule has 20 heavy (non-hydrogen) atoms. The third-order valence-corrected chi connectivity index (χ3v) is 4.97. The fourth-order valence-corrected chi connectivity index (χ4v) is 3.60. The van der Waals surface area contributed by atoms with E-state index in [4.69, 9.17) is 5.73 Å². The van der Waals surface area contributed by atoms with Crippen LogP contribution in [-0.2, 0) is 6.54 Å². The van der Waals surface area contributed by atoms with Gasteiger partial charge in [0.2, 0.25) is 0 Å². The van der Waals surface area contributed by atoms with Gasteiger partial charge in [-0.05, 0) is 45.7 Å². The lowest BCUT2D eigenvalue weighted by Crippen LogP contribution is -2.55. The molecule has 1 aromatic heterocycles. The SMILES string of the molecule is Cc1nnc(N2CC3CCCN3CC2C)c(CN)c1C. The summed E-state index contributed by atoms with van der Waals surface area (Å²) in [7, 11) is 0. The average molecular weight is 275 g/mol. The molecule has 2 fully saturated rings. The molecule has 0 aliphatic carbocycles. The molecule has 0 bridgehead atoms. The topological polar surface area (TPSA) is 58.3 Å². The number of hydrogen-bond acceptors (Lipinski definition) is 5. The number of aryl methyl sites for hydroxylation is 1. The molecule has 0 aromatic carbocycles. The molecule has 3 rings (SSSR count). The molecule has 1 aromatic rings. The van der Waals surface area contributed by atoms with E-state index >= 15 is 0 Å². The summed E-state index contributed by atoms with van der Waals surface area (Å²) in [4.78, 5) is 5.05. The summed E-state index contributed by atoms with van der Waals surface area (Å²) in [6, 6.07) is 1.16. The maximum atomic E-state index is 5.97. The molecule has 2 N–H and O–H groups in total. The number of fused-ring (bicyclic) bond motifs is 1. The first kappa shape index (κ1) is 13.8.